The number of ether oxygens (including phenoxy) is 1. The number of halogens is 1. The highest BCUT2D eigenvalue weighted by molar-refractivity contribution is 7.21. The van der Waals surface area contributed by atoms with Crippen LogP contribution in [0.3, 0.4) is 0 Å². The monoisotopic (exact) mass is 400 g/mol. The molecular formula is C20H17ClN2O3S. The van der Waals surface area contributed by atoms with E-state index in [0.29, 0.717) is 22.9 Å². The molecule has 1 aliphatic rings. The number of carbonyl (C=O) groups excluding carboxylic acids is 2. The highest BCUT2D eigenvalue weighted by Gasteiger charge is 2.23. The van der Waals surface area contributed by atoms with E-state index in [1.165, 1.54) is 11.3 Å². The van der Waals surface area contributed by atoms with E-state index in [9.17, 15) is 9.59 Å². The van der Waals surface area contributed by atoms with Crippen molar-refractivity contribution in [3.63, 3.8) is 0 Å². The Hall–Kier alpha value is -2.57. The first-order chi connectivity index (χ1) is 13.1. The second-order valence-electron chi connectivity index (χ2n) is 6.22. The number of para-hydroxylation sites is 1. The summed E-state index contributed by atoms with van der Waals surface area (Å²) in [5.74, 6) is 0.196. The summed E-state index contributed by atoms with van der Waals surface area (Å²) in [7, 11) is 0. The minimum Gasteiger partial charge on any atom is -0.493 e. The van der Waals surface area contributed by atoms with Gasteiger partial charge in [0.25, 0.3) is 5.91 Å². The number of hydrogen-bond acceptors (Lipinski definition) is 4. The fourth-order valence-electron chi connectivity index (χ4n) is 3.14. The van der Waals surface area contributed by atoms with Crippen LogP contribution in [-0.4, -0.2) is 25.0 Å². The van der Waals surface area contributed by atoms with E-state index in [-0.39, 0.29) is 24.4 Å². The third kappa shape index (κ3) is 3.63. The lowest BCUT2D eigenvalue weighted by molar-refractivity contribution is -0.121. The van der Waals surface area contributed by atoms with Gasteiger partial charge in [0.2, 0.25) is 5.91 Å². The van der Waals surface area contributed by atoms with Crippen LogP contribution in [0.1, 0.15) is 27.7 Å². The van der Waals surface area contributed by atoms with Crippen molar-refractivity contribution in [2.45, 2.75) is 12.5 Å². The molecule has 7 heteroatoms. The summed E-state index contributed by atoms with van der Waals surface area (Å²) in [6.07, 6.45) is 0.693. The van der Waals surface area contributed by atoms with Gasteiger partial charge in [0, 0.05) is 22.1 Å². The van der Waals surface area contributed by atoms with Gasteiger partial charge in [-0.05, 0) is 12.1 Å². The number of hydrogen-bond donors (Lipinski definition) is 2. The minimum absolute atomic E-state index is 0.108. The fraction of sp³-hybridized carbons (Fsp3) is 0.200. The first-order valence-corrected chi connectivity index (χ1v) is 9.79. The summed E-state index contributed by atoms with van der Waals surface area (Å²) in [5.41, 5.74) is 0.955. The Morgan fingerprint density at radius 3 is 2.78 bits per heavy atom. The SMILES string of the molecule is O=C(CNC(=O)c1sc2ccccc2c1Cl)NC1CCOc2ccccc21. The van der Waals surface area contributed by atoms with E-state index in [2.05, 4.69) is 10.6 Å². The van der Waals surface area contributed by atoms with E-state index in [1.54, 1.807) is 0 Å². The number of fused-ring (bicyclic) bond motifs is 2. The van der Waals surface area contributed by atoms with Crippen molar-refractivity contribution in [1.29, 1.82) is 0 Å². The molecule has 138 valence electrons. The normalized spacial score (nSPS) is 15.7. The Bertz CT molecular complexity index is 1020. The summed E-state index contributed by atoms with van der Waals surface area (Å²) in [4.78, 5) is 25.2. The summed E-state index contributed by atoms with van der Waals surface area (Å²) >= 11 is 7.63. The third-order valence-corrected chi connectivity index (χ3v) is 6.12. The van der Waals surface area contributed by atoms with Gasteiger partial charge < -0.3 is 15.4 Å². The number of nitrogens with one attached hydrogen (secondary N) is 2. The molecule has 1 atom stereocenters. The smallest absolute Gasteiger partial charge is 0.263 e. The van der Waals surface area contributed by atoms with Crippen molar-refractivity contribution >= 4 is 44.8 Å². The molecule has 27 heavy (non-hydrogen) atoms. The molecule has 0 radical (unpaired) electrons. The molecule has 5 nitrogen and oxygen atoms in total. The molecule has 2 aromatic carbocycles. The second-order valence-corrected chi connectivity index (χ2v) is 7.65. The zero-order valence-corrected chi connectivity index (χ0v) is 15.9. The van der Waals surface area contributed by atoms with Gasteiger partial charge in [-0.3, -0.25) is 9.59 Å². The Morgan fingerprint density at radius 1 is 1.15 bits per heavy atom. The van der Waals surface area contributed by atoms with Gasteiger partial charge in [0.1, 0.15) is 10.6 Å². The van der Waals surface area contributed by atoms with Gasteiger partial charge in [0.15, 0.2) is 0 Å². The van der Waals surface area contributed by atoms with Crippen LogP contribution in [0, 0.1) is 0 Å². The standard InChI is InChI=1S/C20H17ClN2O3S/c21-18-13-6-2-4-8-16(13)27-19(18)20(25)22-11-17(24)23-14-9-10-26-15-7-3-1-5-12(14)15/h1-8,14H,9-11H2,(H,22,25)(H,23,24). The Morgan fingerprint density at radius 2 is 1.93 bits per heavy atom. The van der Waals surface area contributed by atoms with Gasteiger partial charge in [-0.2, -0.15) is 0 Å². The minimum atomic E-state index is -0.344. The van der Waals surface area contributed by atoms with Crippen LogP contribution in [0.15, 0.2) is 48.5 Å². The topological polar surface area (TPSA) is 67.4 Å². The molecule has 4 rings (SSSR count). The van der Waals surface area contributed by atoms with Crippen molar-refractivity contribution in [1.82, 2.24) is 10.6 Å². The lowest BCUT2D eigenvalue weighted by Gasteiger charge is -2.26. The lowest BCUT2D eigenvalue weighted by atomic mass is 10.0. The molecule has 1 aliphatic heterocycles. The predicted octanol–water partition coefficient (Wildman–Crippen LogP) is 3.92. The van der Waals surface area contributed by atoms with E-state index >= 15 is 0 Å². The highest BCUT2D eigenvalue weighted by atomic mass is 35.5. The van der Waals surface area contributed by atoms with Crippen molar-refractivity contribution < 1.29 is 14.3 Å². The van der Waals surface area contributed by atoms with Gasteiger partial charge in [-0.1, -0.05) is 48.0 Å². The van der Waals surface area contributed by atoms with E-state index in [0.717, 1.165) is 21.4 Å². The molecule has 0 bridgehead atoms. The average Bonchev–Trinajstić information content (AvgIpc) is 3.03. The van der Waals surface area contributed by atoms with Gasteiger partial charge >= 0.3 is 0 Å². The van der Waals surface area contributed by atoms with Crippen molar-refractivity contribution in [2.24, 2.45) is 0 Å². The fourth-order valence-corrected chi connectivity index (χ4v) is 4.57. The van der Waals surface area contributed by atoms with E-state index in [1.807, 2.05) is 48.5 Å². The van der Waals surface area contributed by atoms with Crippen LogP contribution in [0.2, 0.25) is 5.02 Å². The summed E-state index contributed by atoms with van der Waals surface area (Å²) < 4.78 is 6.54. The first kappa shape index (κ1) is 17.8. The molecule has 3 aromatic rings. The predicted molar refractivity (Wildman–Crippen MR) is 107 cm³/mol. The molecule has 0 saturated carbocycles. The molecule has 0 fully saturated rings. The zero-order chi connectivity index (χ0) is 18.8. The quantitative estimate of drug-likeness (QED) is 0.697. The van der Waals surface area contributed by atoms with Gasteiger partial charge in [-0.15, -0.1) is 11.3 Å². The van der Waals surface area contributed by atoms with Crippen LogP contribution >= 0.6 is 22.9 Å². The maximum absolute atomic E-state index is 12.4. The van der Waals surface area contributed by atoms with E-state index < -0.39 is 0 Å². The molecule has 0 spiro atoms. The van der Waals surface area contributed by atoms with Crippen LogP contribution in [-0.2, 0) is 4.79 Å². The number of carbonyl (C=O) groups is 2. The average molecular weight is 401 g/mol. The Kier molecular flexibility index (Phi) is 5.01. The van der Waals surface area contributed by atoms with E-state index in [4.69, 9.17) is 16.3 Å². The van der Waals surface area contributed by atoms with Gasteiger partial charge in [-0.25, -0.2) is 0 Å². The molecule has 0 saturated heterocycles. The number of thiophene rings is 1. The Balaban J connectivity index is 1.39. The Labute approximate surface area is 165 Å². The number of benzene rings is 2. The second kappa shape index (κ2) is 7.58. The molecule has 1 aromatic heterocycles. The van der Waals surface area contributed by atoms with Crippen molar-refractivity contribution in [2.75, 3.05) is 13.2 Å². The van der Waals surface area contributed by atoms with Crippen molar-refractivity contribution in [3.05, 3.63) is 64.0 Å². The summed E-state index contributed by atoms with van der Waals surface area (Å²) in [6.45, 7) is 0.439. The molecule has 2 N–H and O–H groups in total. The third-order valence-electron chi connectivity index (χ3n) is 4.44. The van der Waals surface area contributed by atoms with Crippen LogP contribution in [0.25, 0.3) is 10.1 Å². The first-order valence-electron chi connectivity index (χ1n) is 8.60. The molecule has 1 unspecified atom stereocenters. The number of amides is 2. The molecular weight excluding hydrogens is 384 g/mol. The lowest BCUT2D eigenvalue weighted by Crippen LogP contribution is -2.39. The highest BCUT2D eigenvalue weighted by Crippen LogP contribution is 2.35. The number of rotatable bonds is 4. The largest absolute Gasteiger partial charge is 0.493 e. The summed E-state index contributed by atoms with van der Waals surface area (Å²) in [6, 6.07) is 15.1. The maximum Gasteiger partial charge on any atom is 0.263 e. The van der Waals surface area contributed by atoms with Crippen LogP contribution in [0.4, 0.5) is 0 Å². The molecule has 2 heterocycles. The zero-order valence-electron chi connectivity index (χ0n) is 14.3. The maximum atomic E-state index is 12.4. The summed E-state index contributed by atoms with van der Waals surface area (Å²) in [5, 5.41) is 6.89. The van der Waals surface area contributed by atoms with Crippen LogP contribution in [0.5, 0.6) is 5.75 Å². The molecule has 0 aliphatic carbocycles. The molecule has 2 amide bonds. The van der Waals surface area contributed by atoms with Crippen molar-refractivity contribution in [3.8, 4) is 5.75 Å². The van der Waals surface area contributed by atoms with Gasteiger partial charge in [0.05, 0.1) is 24.2 Å². The van der Waals surface area contributed by atoms with Crippen LogP contribution < -0.4 is 15.4 Å².